The fourth-order valence-corrected chi connectivity index (χ4v) is 1.24. The van der Waals surface area contributed by atoms with Gasteiger partial charge < -0.3 is 22.5 Å². The van der Waals surface area contributed by atoms with E-state index in [0.717, 1.165) is 0 Å². The number of hydrogen-bond acceptors (Lipinski definition) is 4. The predicted octanol–water partition coefficient (Wildman–Crippen LogP) is -0.345. The normalized spacial score (nSPS) is 9.75. The smallest absolute Gasteiger partial charge is 0.250 e. The lowest BCUT2D eigenvalue weighted by Crippen LogP contribution is -2.18. The summed E-state index contributed by atoms with van der Waals surface area (Å²) in [6.07, 6.45) is 0.183. The van der Waals surface area contributed by atoms with E-state index in [1.807, 2.05) is 0 Å². The summed E-state index contributed by atoms with van der Waals surface area (Å²) in [6, 6.07) is 4.75. The quantitative estimate of drug-likeness (QED) is 0.508. The second kappa shape index (κ2) is 5.01. The summed E-state index contributed by atoms with van der Waals surface area (Å²) < 4.78 is 0. The Bertz CT molecular complexity index is 417. The van der Waals surface area contributed by atoms with Gasteiger partial charge in [-0.2, -0.15) is 0 Å². The molecule has 86 valence electrons. The van der Waals surface area contributed by atoms with Crippen molar-refractivity contribution in [3.05, 3.63) is 23.8 Å². The van der Waals surface area contributed by atoms with Crippen LogP contribution in [-0.2, 0) is 4.79 Å². The monoisotopic (exact) mass is 222 g/mol. The summed E-state index contributed by atoms with van der Waals surface area (Å²) in [5, 5.41) is 2.90. The molecule has 0 heterocycles. The number of primary amides is 2. The highest BCUT2D eigenvalue weighted by Gasteiger charge is 2.08. The second-order valence-electron chi connectivity index (χ2n) is 3.31. The number of carbonyl (C=O) groups excluding carboxylic acids is 2. The molecule has 2 amide bonds. The molecule has 1 aromatic carbocycles. The van der Waals surface area contributed by atoms with E-state index < -0.39 is 11.8 Å². The molecular weight excluding hydrogens is 208 g/mol. The molecule has 6 heteroatoms. The zero-order valence-corrected chi connectivity index (χ0v) is 8.69. The Hall–Kier alpha value is -2.24. The van der Waals surface area contributed by atoms with Crippen molar-refractivity contribution in [1.29, 1.82) is 0 Å². The van der Waals surface area contributed by atoms with Crippen LogP contribution >= 0.6 is 0 Å². The van der Waals surface area contributed by atoms with E-state index >= 15 is 0 Å². The summed E-state index contributed by atoms with van der Waals surface area (Å²) in [4.78, 5) is 21.6. The number of nitrogens with two attached hydrogens (primary N) is 3. The van der Waals surface area contributed by atoms with Crippen molar-refractivity contribution < 1.29 is 9.59 Å². The molecule has 0 aliphatic rings. The molecule has 0 saturated carbocycles. The van der Waals surface area contributed by atoms with Gasteiger partial charge in [-0.15, -0.1) is 0 Å². The van der Waals surface area contributed by atoms with E-state index in [4.69, 9.17) is 17.2 Å². The summed E-state index contributed by atoms with van der Waals surface area (Å²) in [6.45, 7) is 0.347. The van der Waals surface area contributed by atoms with Crippen molar-refractivity contribution in [2.75, 3.05) is 17.6 Å². The van der Waals surface area contributed by atoms with Crippen LogP contribution in [0.15, 0.2) is 18.2 Å². The molecule has 0 saturated heterocycles. The van der Waals surface area contributed by atoms with Gasteiger partial charge in [0.05, 0.1) is 5.56 Å². The summed E-state index contributed by atoms with van der Waals surface area (Å²) in [5.41, 5.74) is 17.0. The third kappa shape index (κ3) is 3.16. The van der Waals surface area contributed by atoms with Crippen molar-refractivity contribution >= 4 is 23.2 Å². The van der Waals surface area contributed by atoms with E-state index in [-0.39, 0.29) is 6.42 Å². The number of amides is 2. The zero-order chi connectivity index (χ0) is 12.1. The van der Waals surface area contributed by atoms with Crippen LogP contribution in [0.3, 0.4) is 0 Å². The van der Waals surface area contributed by atoms with Crippen LogP contribution < -0.4 is 22.5 Å². The van der Waals surface area contributed by atoms with Crippen LogP contribution in [0, 0.1) is 0 Å². The van der Waals surface area contributed by atoms with Gasteiger partial charge in [0.15, 0.2) is 0 Å². The first-order valence-corrected chi connectivity index (χ1v) is 4.72. The van der Waals surface area contributed by atoms with E-state index in [2.05, 4.69) is 5.32 Å². The highest BCUT2D eigenvalue weighted by molar-refractivity contribution is 5.99. The number of nitrogens with one attached hydrogen (secondary N) is 1. The SMILES string of the molecule is NC(=O)CCNc1ccc(N)cc1C(N)=O. The van der Waals surface area contributed by atoms with Gasteiger partial charge in [0, 0.05) is 24.3 Å². The Kier molecular flexibility index (Phi) is 3.71. The molecule has 0 aliphatic carbocycles. The number of benzene rings is 1. The van der Waals surface area contributed by atoms with Gasteiger partial charge >= 0.3 is 0 Å². The van der Waals surface area contributed by atoms with Gasteiger partial charge in [-0.1, -0.05) is 0 Å². The lowest BCUT2D eigenvalue weighted by molar-refractivity contribution is -0.117. The molecule has 16 heavy (non-hydrogen) atoms. The maximum absolute atomic E-state index is 11.1. The third-order valence-corrected chi connectivity index (χ3v) is 2.00. The molecule has 0 unspecified atom stereocenters. The van der Waals surface area contributed by atoms with Gasteiger partial charge in [-0.25, -0.2) is 0 Å². The molecule has 1 aromatic rings. The van der Waals surface area contributed by atoms with Crippen molar-refractivity contribution in [2.45, 2.75) is 6.42 Å². The van der Waals surface area contributed by atoms with Crippen LogP contribution in [0.2, 0.25) is 0 Å². The van der Waals surface area contributed by atoms with Gasteiger partial charge in [0.1, 0.15) is 0 Å². The van der Waals surface area contributed by atoms with E-state index in [1.165, 1.54) is 6.07 Å². The molecular formula is C10H14N4O2. The molecule has 6 nitrogen and oxygen atoms in total. The van der Waals surface area contributed by atoms with Crippen molar-refractivity contribution in [3.8, 4) is 0 Å². The Morgan fingerprint density at radius 2 is 1.94 bits per heavy atom. The number of hydrogen-bond donors (Lipinski definition) is 4. The molecule has 0 aromatic heterocycles. The van der Waals surface area contributed by atoms with E-state index in [0.29, 0.717) is 23.5 Å². The fraction of sp³-hybridized carbons (Fsp3) is 0.200. The highest BCUT2D eigenvalue weighted by atomic mass is 16.1. The van der Waals surface area contributed by atoms with Crippen LogP contribution in [0.25, 0.3) is 0 Å². The highest BCUT2D eigenvalue weighted by Crippen LogP contribution is 2.18. The van der Waals surface area contributed by atoms with Crippen molar-refractivity contribution in [3.63, 3.8) is 0 Å². The van der Waals surface area contributed by atoms with Gasteiger partial charge in [0.25, 0.3) is 5.91 Å². The minimum atomic E-state index is -0.575. The van der Waals surface area contributed by atoms with Crippen molar-refractivity contribution in [2.24, 2.45) is 11.5 Å². The first-order chi connectivity index (χ1) is 7.50. The molecule has 0 radical (unpaired) electrons. The number of carbonyl (C=O) groups is 2. The van der Waals surface area contributed by atoms with E-state index in [9.17, 15) is 9.59 Å². The van der Waals surface area contributed by atoms with Crippen LogP contribution in [0.4, 0.5) is 11.4 Å². The lowest BCUT2D eigenvalue weighted by Gasteiger charge is -2.09. The number of anilines is 2. The lowest BCUT2D eigenvalue weighted by atomic mass is 10.1. The molecule has 0 atom stereocenters. The topological polar surface area (TPSA) is 124 Å². The average Bonchev–Trinajstić information content (AvgIpc) is 2.19. The first-order valence-electron chi connectivity index (χ1n) is 4.72. The molecule has 0 aliphatic heterocycles. The molecule has 0 spiro atoms. The minimum Gasteiger partial charge on any atom is -0.399 e. The molecule has 1 rings (SSSR count). The van der Waals surface area contributed by atoms with Crippen LogP contribution in [-0.4, -0.2) is 18.4 Å². The summed E-state index contributed by atoms with van der Waals surface area (Å²) >= 11 is 0. The van der Waals surface area contributed by atoms with Crippen molar-refractivity contribution in [1.82, 2.24) is 0 Å². The predicted molar refractivity (Wildman–Crippen MR) is 61.7 cm³/mol. The molecule has 0 fully saturated rings. The zero-order valence-electron chi connectivity index (χ0n) is 8.69. The average molecular weight is 222 g/mol. The Morgan fingerprint density at radius 3 is 2.50 bits per heavy atom. The summed E-state index contributed by atoms with van der Waals surface area (Å²) in [5.74, 6) is -0.988. The Balaban J connectivity index is 2.78. The Labute approximate surface area is 92.8 Å². The number of rotatable bonds is 5. The number of nitrogen functional groups attached to an aromatic ring is 1. The molecule has 0 bridgehead atoms. The van der Waals surface area contributed by atoms with Crippen LogP contribution in [0.1, 0.15) is 16.8 Å². The minimum absolute atomic E-state index is 0.183. The maximum atomic E-state index is 11.1. The van der Waals surface area contributed by atoms with Gasteiger partial charge in [-0.05, 0) is 18.2 Å². The largest absolute Gasteiger partial charge is 0.399 e. The standard InChI is InChI=1S/C10H14N4O2/c11-6-1-2-8(7(5-6)10(13)16)14-4-3-9(12)15/h1-2,5,14H,3-4,11H2,(H2,12,15)(H2,13,16). The maximum Gasteiger partial charge on any atom is 0.250 e. The second-order valence-corrected chi connectivity index (χ2v) is 3.31. The van der Waals surface area contributed by atoms with Gasteiger partial charge in [-0.3, -0.25) is 9.59 Å². The summed E-state index contributed by atoms with van der Waals surface area (Å²) in [7, 11) is 0. The van der Waals surface area contributed by atoms with Crippen LogP contribution in [0.5, 0.6) is 0 Å². The Morgan fingerprint density at radius 1 is 1.25 bits per heavy atom. The van der Waals surface area contributed by atoms with Gasteiger partial charge in [0.2, 0.25) is 5.91 Å². The van der Waals surface area contributed by atoms with E-state index in [1.54, 1.807) is 12.1 Å². The third-order valence-electron chi connectivity index (χ3n) is 2.00. The first kappa shape index (κ1) is 11.8. The fourth-order valence-electron chi connectivity index (χ4n) is 1.24. The molecule has 7 N–H and O–H groups in total.